The van der Waals surface area contributed by atoms with Crippen molar-refractivity contribution in [1.29, 1.82) is 0 Å². The van der Waals surface area contributed by atoms with E-state index in [4.69, 9.17) is 14.2 Å². The van der Waals surface area contributed by atoms with Crippen LogP contribution in [0.15, 0.2) is 60.8 Å². The van der Waals surface area contributed by atoms with Crippen LogP contribution in [0.5, 0.6) is 0 Å². The van der Waals surface area contributed by atoms with Crippen LogP contribution < -0.4 is 0 Å². The van der Waals surface area contributed by atoms with Crippen molar-refractivity contribution in [3.05, 3.63) is 60.8 Å². The summed E-state index contributed by atoms with van der Waals surface area (Å²) in [5.74, 6) is -0.905. The highest BCUT2D eigenvalue weighted by Gasteiger charge is 2.19. The third kappa shape index (κ3) is 57.9. The maximum atomic E-state index is 12.9. The first kappa shape index (κ1) is 68.1. The van der Waals surface area contributed by atoms with Gasteiger partial charge < -0.3 is 14.2 Å². The minimum absolute atomic E-state index is 0.0840. The maximum Gasteiger partial charge on any atom is 0.306 e. The first-order valence-corrected chi connectivity index (χ1v) is 30.8. The van der Waals surface area contributed by atoms with E-state index in [1.165, 1.54) is 193 Å². The maximum absolute atomic E-state index is 12.9. The van der Waals surface area contributed by atoms with Crippen molar-refractivity contribution in [2.75, 3.05) is 13.2 Å². The van der Waals surface area contributed by atoms with Gasteiger partial charge in [0.1, 0.15) is 13.2 Å². The summed E-state index contributed by atoms with van der Waals surface area (Å²) in [6.45, 7) is 6.53. The number of unbranched alkanes of at least 4 members (excludes halogenated alkanes) is 35. The van der Waals surface area contributed by atoms with E-state index >= 15 is 0 Å². The van der Waals surface area contributed by atoms with Crippen LogP contribution in [-0.2, 0) is 28.6 Å². The van der Waals surface area contributed by atoms with Crippen molar-refractivity contribution < 1.29 is 28.6 Å². The molecule has 0 saturated heterocycles. The Balaban J connectivity index is 4.34. The van der Waals surface area contributed by atoms with Gasteiger partial charge in [-0.25, -0.2) is 0 Å². The van der Waals surface area contributed by atoms with Crippen LogP contribution in [-0.4, -0.2) is 37.2 Å². The van der Waals surface area contributed by atoms with Crippen LogP contribution >= 0.6 is 0 Å². The molecule has 0 aromatic carbocycles. The molecule has 0 spiro atoms. The minimum atomic E-state index is -0.788. The van der Waals surface area contributed by atoms with Gasteiger partial charge in [0, 0.05) is 19.3 Å². The van der Waals surface area contributed by atoms with Crippen LogP contribution in [0.25, 0.3) is 0 Å². The third-order valence-corrected chi connectivity index (χ3v) is 13.5. The zero-order valence-corrected chi connectivity index (χ0v) is 47.2. The summed E-state index contributed by atoms with van der Waals surface area (Å²) in [5.41, 5.74) is 0. The Kier molecular flexibility index (Phi) is 57.2. The summed E-state index contributed by atoms with van der Waals surface area (Å²) >= 11 is 0. The highest BCUT2D eigenvalue weighted by atomic mass is 16.6. The lowest BCUT2D eigenvalue weighted by molar-refractivity contribution is -0.167. The molecule has 0 rings (SSSR count). The fraction of sp³-hybridized carbons (Fsp3) is 0.800. The molecular weight excluding hydrogens is 877 g/mol. The van der Waals surface area contributed by atoms with Crippen LogP contribution in [0.2, 0.25) is 0 Å². The van der Waals surface area contributed by atoms with Crippen LogP contribution in [0.1, 0.15) is 316 Å². The molecule has 0 radical (unpaired) electrons. The van der Waals surface area contributed by atoms with Crippen molar-refractivity contribution in [1.82, 2.24) is 0 Å². The van der Waals surface area contributed by atoms with Gasteiger partial charge >= 0.3 is 17.9 Å². The highest BCUT2D eigenvalue weighted by Crippen LogP contribution is 2.16. The van der Waals surface area contributed by atoms with Crippen molar-refractivity contribution >= 4 is 17.9 Å². The first-order valence-electron chi connectivity index (χ1n) is 30.8. The predicted octanol–water partition coefficient (Wildman–Crippen LogP) is 20.8. The zero-order chi connectivity index (χ0) is 51.4. The van der Waals surface area contributed by atoms with Crippen molar-refractivity contribution in [2.24, 2.45) is 0 Å². The SMILES string of the molecule is CC/C=C\C/C=C\C/C=C\CCCCCC(=O)OCC(COC(=O)CCCCCCCCCCC/C=C\CCCCCCCCCC)OC(=O)CCCCCCCCCCC/C=C\CCCCCCCC. The number of hydrogen-bond donors (Lipinski definition) is 0. The van der Waals surface area contributed by atoms with E-state index in [2.05, 4.69) is 81.5 Å². The Bertz CT molecular complexity index is 1280. The topological polar surface area (TPSA) is 78.9 Å². The van der Waals surface area contributed by atoms with Crippen molar-refractivity contribution in [3.63, 3.8) is 0 Å². The van der Waals surface area contributed by atoms with Crippen LogP contribution in [0.3, 0.4) is 0 Å². The van der Waals surface area contributed by atoms with Gasteiger partial charge in [-0.1, -0.05) is 255 Å². The standard InChI is InChI=1S/C65H116O6/c1-4-7-10-13-16-19-22-25-27-29-31-32-34-35-37-40-43-46-49-52-55-58-64(67)70-61-62(60-69-63(66)57-54-51-48-45-42-39-24-21-18-15-12-9-6-3)71-65(68)59-56-53-50-47-44-41-38-36-33-30-28-26-23-20-17-14-11-8-5-2/h9,12,18,21,26,28-29,31,39,42,62H,4-8,10-11,13-17,19-20,22-25,27,30,32-38,40-41,43-61H2,1-3H3/b12-9-,21-18-,28-26-,31-29-,42-39-. The molecule has 0 amide bonds. The van der Waals surface area contributed by atoms with Crippen LogP contribution in [0, 0.1) is 0 Å². The van der Waals surface area contributed by atoms with E-state index in [0.717, 1.165) is 83.5 Å². The molecule has 0 aliphatic carbocycles. The Hall–Kier alpha value is -2.89. The lowest BCUT2D eigenvalue weighted by Gasteiger charge is -2.18. The molecule has 0 aliphatic heterocycles. The fourth-order valence-electron chi connectivity index (χ4n) is 8.86. The Morgan fingerprint density at radius 1 is 0.296 bits per heavy atom. The van der Waals surface area contributed by atoms with Crippen molar-refractivity contribution in [3.8, 4) is 0 Å². The van der Waals surface area contributed by atoms with E-state index in [-0.39, 0.29) is 31.1 Å². The molecule has 0 bridgehead atoms. The number of carbonyl (C=O) groups is 3. The minimum Gasteiger partial charge on any atom is -0.462 e. The van der Waals surface area contributed by atoms with Gasteiger partial charge in [0.2, 0.25) is 0 Å². The predicted molar refractivity (Wildman–Crippen MR) is 307 cm³/mol. The molecule has 0 saturated carbocycles. The number of ether oxygens (including phenoxy) is 3. The second-order valence-corrected chi connectivity index (χ2v) is 20.6. The summed E-state index contributed by atoms with van der Waals surface area (Å²) in [5, 5.41) is 0. The van der Waals surface area contributed by atoms with Gasteiger partial charge in [-0.3, -0.25) is 14.4 Å². The normalized spacial score (nSPS) is 12.4. The molecule has 0 fully saturated rings. The lowest BCUT2D eigenvalue weighted by atomic mass is 10.1. The number of allylic oxidation sites excluding steroid dienone is 10. The highest BCUT2D eigenvalue weighted by molar-refractivity contribution is 5.71. The number of carbonyl (C=O) groups excluding carboxylic acids is 3. The van der Waals surface area contributed by atoms with E-state index in [9.17, 15) is 14.4 Å². The smallest absolute Gasteiger partial charge is 0.306 e. The van der Waals surface area contributed by atoms with Crippen LogP contribution in [0.4, 0.5) is 0 Å². The summed E-state index contributed by atoms with van der Waals surface area (Å²) < 4.78 is 16.9. The van der Waals surface area contributed by atoms with E-state index < -0.39 is 6.10 Å². The second kappa shape index (κ2) is 59.7. The van der Waals surface area contributed by atoms with Gasteiger partial charge in [0.25, 0.3) is 0 Å². The van der Waals surface area contributed by atoms with Gasteiger partial charge in [-0.2, -0.15) is 0 Å². The average molecular weight is 994 g/mol. The monoisotopic (exact) mass is 993 g/mol. The molecule has 71 heavy (non-hydrogen) atoms. The van der Waals surface area contributed by atoms with E-state index in [1.54, 1.807) is 0 Å². The summed E-state index contributed by atoms with van der Waals surface area (Å²) in [6.07, 6.45) is 75.1. The number of hydrogen-bond acceptors (Lipinski definition) is 6. The summed E-state index contributed by atoms with van der Waals surface area (Å²) in [6, 6.07) is 0. The molecule has 0 aromatic heterocycles. The number of esters is 3. The fourth-order valence-corrected chi connectivity index (χ4v) is 8.86. The molecule has 0 aromatic rings. The summed E-state index contributed by atoms with van der Waals surface area (Å²) in [4.78, 5) is 38.2. The molecule has 1 atom stereocenters. The molecule has 6 nitrogen and oxygen atoms in total. The molecular formula is C65H116O6. The van der Waals surface area contributed by atoms with E-state index in [1.807, 2.05) is 0 Å². The molecule has 0 heterocycles. The Morgan fingerprint density at radius 3 is 0.887 bits per heavy atom. The lowest BCUT2D eigenvalue weighted by Crippen LogP contribution is -2.30. The first-order chi connectivity index (χ1) is 35.0. The van der Waals surface area contributed by atoms with E-state index in [0.29, 0.717) is 19.3 Å². The average Bonchev–Trinajstić information content (AvgIpc) is 3.37. The second-order valence-electron chi connectivity index (χ2n) is 20.6. The number of rotatable bonds is 56. The van der Waals surface area contributed by atoms with Gasteiger partial charge in [0.05, 0.1) is 0 Å². The van der Waals surface area contributed by atoms with Gasteiger partial charge in [-0.05, 0) is 103 Å². The zero-order valence-electron chi connectivity index (χ0n) is 47.2. The summed E-state index contributed by atoms with van der Waals surface area (Å²) in [7, 11) is 0. The molecule has 6 heteroatoms. The molecule has 0 N–H and O–H groups in total. The third-order valence-electron chi connectivity index (χ3n) is 13.5. The largest absolute Gasteiger partial charge is 0.462 e. The Morgan fingerprint density at radius 2 is 0.549 bits per heavy atom. The van der Waals surface area contributed by atoms with Gasteiger partial charge in [-0.15, -0.1) is 0 Å². The molecule has 0 aliphatic rings. The quantitative estimate of drug-likeness (QED) is 0.0261. The molecule has 1 unspecified atom stereocenters. The van der Waals surface area contributed by atoms with Gasteiger partial charge in [0.15, 0.2) is 6.10 Å². The van der Waals surface area contributed by atoms with Crippen molar-refractivity contribution in [2.45, 2.75) is 322 Å². The molecule has 412 valence electrons. The Labute approximate surface area is 440 Å².